The van der Waals surface area contributed by atoms with Crippen molar-refractivity contribution in [2.75, 3.05) is 5.32 Å². The SMILES string of the molecule is Cc1cc(C(=O)O)ccc1NC(=O)NC1CCC(C)C1. The van der Waals surface area contributed by atoms with Gasteiger partial charge in [0.15, 0.2) is 0 Å². The van der Waals surface area contributed by atoms with Crippen LogP contribution in [-0.2, 0) is 0 Å². The molecule has 1 aliphatic carbocycles. The molecule has 2 rings (SSSR count). The molecule has 1 saturated carbocycles. The highest BCUT2D eigenvalue weighted by atomic mass is 16.4. The van der Waals surface area contributed by atoms with Crippen molar-refractivity contribution in [3.05, 3.63) is 29.3 Å². The molecule has 108 valence electrons. The van der Waals surface area contributed by atoms with Crippen molar-refractivity contribution in [2.45, 2.75) is 39.2 Å². The number of aryl methyl sites for hydroxylation is 1. The zero-order valence-corrected chi connectivity index (χ0v) is 11.8. The van der Waals surface area contributed by atoms with Crippen molar-refractivity contribution in [3.63, 3.8) is 0 Å². The van der Waals surface area contributed by atoms with Crippen LogP contribution in [0.4, 0.5) is 10.5 Å². The van der Waals surface area contributed by atoms with Crippen molar-refractivity contribution in [3.8, 4) is 0 Å². The third kappa shape index (κ3) is 3.50. The molecule has 0 aromatic heterocycles. The van der Waals surface area contributed by atoms with E-state index >= 15 is 0 Å². The number of carbonyl (C=O) groups is 2. The first kappa shape index (κ1) is 14.4. The number of hydrogen-bond acceptors (Lipinski definition) is 2. The summed E-state index contributed by atoms with van der Waals surface area (Å²) in [6, 6.07) is 4.67. The van der Waals surface area contributed by atoms with Crippen molar-refractivity contribution in [1.29, 1.82) is 0 Å². The van der Waals surface area contributed by atoms with Crippen LogP contribution in [0.3, 0.4) is 0 Å². The van der Waals surface area contributed by atoms with Crippen LogP contribution in [-0.4, -0.2) is 23.1 Å². The van der Waals surface area contributed by atoms with Gasteiger partial charge in [0.2, 0.25) is 0 Å². The minimum atomic E-state index is -0.968. The Hall–Kier alpha value is -2.04. The average Bonchev–Trinajstić information content (AvgIpc) is 2.77. The summed E-state index contributed by atoms with van der Waals surface area (Å²) in [4.78, 5) is 22.8. The van der Waals surface area contributed by atoms with Crippen LogP contribution in [0.2, 0.25) is 0 Å². The minimum absolute atomic E-state index is 0.220. The third-order valence-corrected chi connectivity index (χ3v) is 3.75. The average molecular weight is 276 g/mol. The van der Waals surface area contributed by atoms with Crippen molar-refractivity contribution >= 4 is 17.7 Å². The molecular weight excluding hydrogens is 256 g/mol. The lowest BCUT2D eigenvalue weighted by Crippen LogP contribution is -2.36. The Morgan fingerprint density at radius 2 is 2.05 bits per heavy atom. The van der Waals surface area contributed by atoms with E-state index in [-0.39, 0.29) is 17.6 Å². The fraction of sp³-hybridized carbons (Fsp3) is 0.467. The van der Waals surface area contributed by atoms with Crippen molar-refractivity contribution in [1.82, 2.24) is 5.32 Å². The van der Waals surface area contributed by atoms with E-state index in [0.717, 1.165) is 24.8 Å². The van der Waals surface area contributed by atoms with Crippen LogP contribution in [0.5, 0.6) is 0 Å². The number of aromatic carboxylic acids is 1. The molecule has 0 heterocycles. The minimum Gasteiger partial charge on any atom is -0.478 e. The lowest BCUT2D eigenvalue weighted by atomic mass is 10.1. The van der Waals surface area contributed by atoms with Crippen molar-refractivity contribution < 1.29 is 14.7 Å². The van der Waals surface area contributed by atoms with Crippen LogP contribution in [0, 0.1) is 12.8 Å². The van der Waals surface area contributed by atoms with Gasteiger partial charge < -0.3 is 15.7 Å². The quantitative estimate of drug-likeness (QED) is 0.794. The summed E-state index contributed by atoms with van der Waals surface area (Å²) >= 11 is 0. The van der Waals surface area contributed by atoms with Crippen LogP contribution in [0.1, 0.15) is 42.1 Å². The number of anilines is 1. The number of hydrogen-bond donors (Lipinski definition) is 3. The largest absolute Gasteiger partial charge is 0.478 e. The number of benzene rings is 1. The highest BCUT2D eigenvalue weighted by Gasteiger charge is 2.22. The Kier molecular flexibility index (Phi) is 4.27. The first-order valence-electron chi connectivity index (χ1n) is 6.87. The van der Waals surface area contributed by atoms with Crippen LogP contribution in [0.25, 0.3) is 0 Å². The maximum absolute atomic E-state index is 11.9. The molecule has 1 aromatic carbocycles. The van der Waals surface area contributed by atoms with Gasteiger partial charge in [-0.15, -0.1) is 0 Å². The molecule has 0 bridgehead atoms. The molecule has 0 aliphatic heterocycles. The molecule has 2 unspecified atom stereocenters. The summed E-state index contributed by atoms with van der Waals surface area (Å²) in [5.74, 6) is -0.305. The highest BCUT2D eigenvalue weighted by Crippen LogP contribution is 2.24. The maximum atomic E-state index is 11.9. The third-order valence-electron chi connectivity index (χ3n) is 3.75. The van der Waals surface area contributed by atoms with Gasteiger partial charge in [-0.1, -0.05) is 6.92 Å². The molecule has 5 nitrogen and oxygen atoms in total. The first-order chi connectivity index (χ1) is 9.45. The van der Waals surface area contributed by atoms with Gasteiger partial charge in [-0.05, 0) is 55.9 Å². The van der Waals surface area contributed by atoms with E-state index in [4.69, 9.17) is 5.11 Å². The van der Waals surface area contributed by atoms with Crippen molar-refractivity contribution in [2.24, 2.45) is 5.92 Å². The molecule has 1 aliphatic rings. The molecule has 3 N–H and O–H groups in total. The highest BCUT2D eigenvalue weighted by molar-refractivity contribution is 5.92. The Morgan fingerprint density at radius 3 is 2.60 bits per heavy atom. The van der Waals surface area contributed by atoms with Gasteiger partial charge in [-0.3, -0.25) is 0 Å². The van der Waals surface area contributed by atoms with Gasteiger partial charge in [0, 0.05) is 11.7 Å². The summed E-state index contributed by atoms with van der Waals surface area (Å²) in [6.45, 7) is 3.97. The number of rotatable bonds is 3. The number of carbonyl (C=O) groups excluding carboxylic acids is 1. The van der Waals surface area contributed by atoms with Gasteiger partial charge in [-0.2, -0.15) is 0 Å². The van der Waals surface area contributed by atoms with Gasteiger partial charge in [0.1, 0.15) is 0 Å². The maximum Gasteiger partial charge on any atom is 0.335 e. The predicted molar refractivity (Wildman–Crippen MR) is 77.1 cm³/mol. The van der Waals surface area contributed by atoms with Crippen LogP contribution >= 0.6 is 0 Å². The number of carboxylic acid groups (broad SMARTS) is 1. The molecule has 0 radical (unpaired) electrons. The molecule has 0 spiro atoms. The topological polar surface area (TPSA) is 78.4 Å². The Balaban J connectivity index is 1.95. The van der Waals surface area contributed by atoms with E-state index in [1.54, 1.807) is 19.1 Å². The van der Waals surface area contributed by atoms with Crippen LogP contribution < -0.4 is 10.6 Å². The Morgan fingerprint density at radius 1 is 1.30 bits per heavy atom. The first-order valence-corrected chi connectivity index (χ1v) is 6.87. The normalized spacial score (nSPS) is 21.5. The van der Waals surface area contributed by atoms with Gasteiger partial charge in [-0.25, -0.2) is 9.59 Å². The monoisotopic (exact) mass is 276 g/mol. The zero-order chi connectivity index (χ0) is 14.7. The second-order valence-electron chi connectivity index (χ2n) is 5.55. The molecular formula is C15H20N2O3. The Bertz CT molecular complexity index is 528. The second kappa shape index (κ2) is 5.94. The zero-order valence-electron chi connectivity index (χ0n) is 11.8. The molecule has 2 atom stereocenters. The van der Waals surface area contributed by atoms with E-state index in [2.05, 4.69) is 17.6 Å². The lowest BCUT2D eigenvalue weighted by Gasteiger charge is -2.14. The molecule has 1 fully saturated rings. The fourth-order valence-corrected chi connectivity index (χ4v) is 2.62. The van der Waals surface area contributed by atoms with Gasteiger partial charge >= 0.3 is 12.0 Å². The van der Waals surface area contributed by atoms with Gasteiger partial charge in [0.25, 0.3) is 0 Å². The number of amides is 2. The number of carboxylic acids is 1. The Labute approximate surface area is 118 Å². The summed E-state index contributed by atoms with van der Waals surface area (Å²) in [5, 5.41) is 14.6. The number of nitrogens with one attached hydrogen (secondary N) is 2. The van der Waals surface area contributed by atoms with E-state index < -0.39 is 5.97 Å². The summed E-state index contributed by atoms with van der Waals surface area (Å²) in [6.07, 6.45) is 3.19. The summed E-state index contributed by atoms with van der Waals surface area (Å²) in [5.41, 5.74) is 1.59. The molecule has 0 saturated heterocycles. The van der Waals surface area contributed by atoms with E-state index in [9.17, 15) is 9.59 Å². The number of urea groups is 1. The van der Waals surface area contributed by atoms with Crippen LogP contribution in [0.15, 0.2) is 18.2 Å². The standard InChI is InChI=1S/C15H20N2O3/c1-9-3-5-12(7-9)16-15(20)17-13-6-4-11(14(18)19)8-10(13)2/h4,6,8-9,12H,3,5,7H2,1-2H3,(H,18,19)(H2,16,17,20). The molecule has 5 heteroatoms. The van der Waals surface area contributed by atoms with E-state index in [1.807, 2.05) is 0 Å². The van der Waals surface area contributed by atoms with E-state index in [0.29, 0.717) is 11.6 Å². The molecule has 1 aromatic rings. The second-order valence-corrected chi connectivity index (χ2v) is 5.55. The smallest absolute Gasteiger partial charge is 0.335 e. The van der Waals surface area contributed by atoms with Gasteiger partial charge in [0.05, 0.1) is 5.56 Å². The summed E-state index contributed by atoms with van der Waals surface area (Å²) in [7, 11) is 0. The summed E-state index contributed by atoms with van der Waals surface area (Å²) < 4.78 is 0. The fourth-order valence-electron chi connectivity index (χ4n) is 2.62. The lowest BCUT2D eigenvalue weighted by molar-refractivity contribution is 0.0697. The van der Waals surface area contributed by atoms with E-state index in [1.165, 1.54) is 6.07 Å². The molecule has 2 amide bonds. The predicted octanol–water partition coefficient (Wildman–Crippen LogP) is 3.00. The molecule has 20 heavy (non-hydrogen) atoms.